The van der Waals surface area contributed by atoms with Gasteiger partial charge in [-0.3, -0.25) is 0 Å². The summed E-state index contributed by atoms with van der Waals surface area (Å²) in [7, 11) is 1.59. The Hall–Kier alpha value is -1.75. The van der Waals surface area contributed by atoms with E-state index in [4.69, 9.17) is 21.1 Å². The first kappa shape index (κ1) is 18.6. The fourth-order valence-electron chi connectivity index (χ4n) is 2.37. The van der Waals surface area contributed by atoms with Crippen molar-refractivity contribution < 1.29 is 14.6 Å². The topological polar surface area (TPSA) is 50.7 Å². The van der Waals surface area contributed by atoms with Crippen molar-refractivity contribution in [2.24, 2.45) is 0 Å². The standard InChI is InChI=1S/C19H24ClNO3/c1-13(2)24-19-16(20)9-14(10-18(19)23-3)11-21-12-17(22)15-7-5-4-6-8-15/h4-10,13,17,21-22H,11-12H2,1-3H3/t17-/m1/s1. The molecule has 0 aliphatic rings. The van der Waals surface area contributed by atoms with Crippen molar-refractivity contribution in [3.05, 3.63) is 58.6 Å². The molecular weight excluding hydrogens is 326 g/mol. The van der Waals surface area contributed by atoms with Gasteiger partial charge in [0.15, 0.2) is 11.5 Å². The van der Waals surface area contributed by atoms with Gasteiger partial charge < -0.3 is 19.9 Å². The van der Waals surface area contributed by atoms with E-state index in [1.807, 2.05) is 56.3 Å². The Morgan fingerprint density at radius 2 is 1.88 bits per heavy atom. The van der Waals surface area contributed by atoms with Crippen molar-refractivity contribution in [2.45, 2.75) is 32.6 Å². The van der Waals surface area contributed by atoms with Gasteiger partial charge in [-0.05, 0) is 37.1 Å². The summed E-state index contributed by atoms with van der Waals surface area (Å²) < 4.78 is 11.1. The summed E-state index contributed by atoms with van der Waals surface area (Å²) in [6, 6.07) is 13.3. The molecule has 0 aliphatic carbocycles. The Bertz CT molecular complexity index is 647. The molecule has 0 fully saturated rings. The van der Waals surface area contributed by atoms with Gasteiger partial charge in [0.2, 0.25) is 0 Å². The number of hydrogen-bond acceptors (Lipinski definition) is 4. The predicted molar refractivity (Wildman–Crippen MR) is 96.9 cm³/mol. The molecule has 0 aliphatic heterocycles. The van der Waals surface area contributed by atoms with Crippen LogP contribution in [0.15, 0.2) is 42.5 Å². The lowest BCUT2D eigenvalue weighted by Gasteiger charge is -2.17. The lowest BCUT2D eigenvalue weighted by Crippen LogP contribution is -2.21. The minimum atomic E-state index is -0.549. The fourth-order valence-corrected chi connectivity index (χ4v) is 2.65. The summed E-state index contributed by atoms with van der Waals surface area (Å²) in [4.78, 5) is 0. The number of halogens is 1. The average Bonchev–Trinajstić information content (AvgIpc) is 2.57. The van der Waals surface area contributed by atoms with E-state index in [1.54, 1.807) is 7.11 Å². The van der Waals surface area contributed by atoms with Crippen LogP contribution in [0.25, 0.3) is 0 Å². The fraction of sp³-hybridized carbons (Fsp3) is 0.368. The predicted octanol–water partition coefficient (Wildman–Crippen LogP) is 3.96. The number of rotatable bonds is 8. The van der Waals surface area contributed by atoms with Gasteiger partial charge in [-0.25, -0.2) is 0 Å². The van der Waals surface area contributed by atoms with E-state index >= 15 is 0 Å². The summed E-state index contributed by atoms with van der Waals surface area (Å²) in [5.74, 6) is 1.17. The highest BCUT2D eigenvalue weighted by atomic mass is 35.5. The molecule has 0 saturated carbocycles. The van der Waals surface area contributed by atoms with Crippen LogP contribution < -0.4 is 14.8 Å². The van der Waals surface area contributed by atoms with E-state index in [-0.39, 0.29) is 6.10 Å². The molecule has 0 spiro atoms. The van der Waals surface area contributed by atoms with Crippen molar-refractivity contribution in [3.63, 3.8) is 0 Å². The van der Waals surface area contributed by atoms with Crippen LogP contribution >= 0.6 is 11.6 Å². The van der Waals surface area contributed by atoms with Crippen molar-refractivity contribution in [1.29, 1.82) is 0 Å². The maximum Gasteiger partial charge on any atom is 0.180 e. The second-order valence-electron chi connectivity index (χ2n) is 5.83. The SMILES string of the molecule is COc1cc(CNC[C@@H](O)c2ccccc2)cc(Cl)c1OC(C)C. The Morgan fingerprint density at radius 3 is 2.50 bits per heavy atom. The first-order valence-corrected chi connectivity index (χ1v) is 8.36. The molecule has 5 heteroatoms. The number of ether oxygens (including phenoxy) is 2. The zero-order chi connectivity index (χ0) is 17.5. The number of benzene rings is 2. The maximum absolute atomic E-state index is 10.2. The van der Waals surface area contributed by atoms with Crippen molar-refractivity contribution in [1.82, 2.24) is 5.32 Å². The second-order valence-corrected chi connectivity index (χ2v) is 6.24. The molecule has 0 unspecified atom stereocenters. The number of nitrogens with one attached hydrogen (secondary N) is 1. The van der Waals surface area contributed by atoms with Gasteiger partial charge in [-0.15, -0.1) is 0 Å². The van der Waals surface area contributed by atoms with Crippen molar-refractivity contribution in [2.75, 3.05) is 13.7 Å². The minimum absolute atomic E-state index is 0.0152. The molecule has 0 amide bonds. The van der Waals surface area contributed by atoms with E-state index < -0.39 is 6.10 Å². The number of methoxy groups -OCH3 is 1. The molecule has 2 aromatic rings. The third-order valence-electron chi connectivity index (χ3n) is 3.49. The number of hydrogen-bond donors (Lipinski definition) is 2. The highest BCUT2D eigenvalue weighted by Gasteiger charge is 2.14. The van der Waals surface area contributed by atoms with E-state index in [1.165, 1.54) is 0 Å². The second kappa shape index (κ2) is 8.92. The normalized spacial score (nSPS) is 12.2. The van der Waals surface area contributed by atoms with Crippen molar-refractivity contribution in [3.8, 4) is 11.5 Å². The van der Waals surface area contributed by atoms with Gasteiger partial charge in [0, 0.05) is 13.1 Å². The first-order valence-electron chi connectivity index (χ1n) is 7.98. The molecule has 2 N–H and O–H groups in total. The molecule has 0 heterocycles. The van der Waals surface area contributed by atoms with Crippen LogP contribution in [0.3, 0.4) is 0 Å². The largest absolute Gasteiger partial charge is 0.493 e. The zero-order valence-electron chi connectivity index (χ0n) is 14.3. The van der Waals surface area contributed by atoms with Crippen LogP contribution in [0.4, 0.5) is 0 Å². The smallest absolute Gasteiger partial charge is 0.180 e. The summed E-state index contributed by atoms with van der Waals surface area (Å²) in [6.45, 7) is 4.91. The van der Waals surface area contributed by atoms with Gasteiger partial charge in [-0.1, -0.05) is 41.9 Å². The molecule has 4 nitrogen and oxygen atoms in total. The summed E-state index contributed by atoms with van der Waals surface area (Å²) in [6.07, 6.45) is -0.534. The highest BCUT2D eigenvalue weighted by Crippen LogP contribution is 2.37. The monoisotopic (exact) mass is 349 g/mol. The Labute approximate surface area is 148 Å². The summed E-state index contributed by atoms with van der Waals surface area (Å²) in [5, 5.41) is 13.9. The third kappa shape index (κ3) is 5.13. The molecule has 0 saturated heterocycles. The van der Waals surface area contributed by atoms with Gasteiger partial charge in [-0.2, -0.15) is 0 Å². The first-order chi connectivity index (χ1) is 11.5. The number of aliphatic hydroxyl groups is 1. The minimum Gasteiger partial charge on any atom is -0.493 e. The zero-order valence-corrected chi connectivity index (χ0v) is 15.0. The molecule has 0 bridgehead atoms. The average molecular weight is 350 g/mol. The van der Waals surface area contributed by atoms with E-state index in [0.29, 0.717) is 29.6 Å². The quantitative estimate of drug-likeness (QED) is 0.757. The van der Waals surface area contributed by atoms with Gasteiger partial charge in [0.1, 0.15) is 0 Å². The summed E-state index contributed by atoms with van der Waals surface area (Å²) in [5.41, 5.74) is 1.86. The van der Waals surface area contributed by atoms with Gasteiger partial charge in [0.25, 0.3) is 0 Å². The highest BCUT2D eigenvalue weighted by molar-refractivity contribution is 6.32. The Kier molecular flexibility index (Phi) is 6.91. The van der Waals surface area contributed by atoms with Crippen molar-refractivity contribution >= 4 is 11.6 Å². The lowest BCUT2D eigenvalue weighted by atomic mass is 10.1. The van der Waals surface area contributed by atoms with E-state index in [0.717, 1.165) is 11.1 Å². The molecule has 0 aromatic heterocycles. The van der Waals surface area contributed by atoms with E-state index in [2.05, 4.69) is 5.32 Å². The van der Waals surface area contributed by atoms with Gasteiger partial charge in [0.05, 0.1) is 24.3 Å². The molecule has 2 rings (SSSR count). The molecule has 0 radical (unpaired) electrons. The molecular formula is C19H24ClNO3. The third-order valence-corrected chi connectivity index (χ3v) is 3.77. The van der Waals surface area contributed by atoms with Crippen LogP contribution in [0, 0.1) is 0 Å². The van der Waals surface area contributed by atoms with Crippen LogP contribution in [0.2, 0.25) is 5.02 Å². The molecule has 1 atom stereocenters. The summed E-state index contributed by atoms with van der Waals surface area (Å²) >= 11 is 6.31. The Morgan fingerprint density at radius 1 is 1.17 bits per heavy atom. The molecule has 130 valence electrons. The number of aliphatic hydroxyl groups excluding tert-OH is 1. The van der Waals surface area contributed by atoms with E-state index in [9.17, 15) is 5.11 Å². The Balaban J connectivity index is 1.99. The van der Waals surface area contributed by atoms with Crippen LogP contribution in [0.1, 0.15) is 31.1 Å². The van der Waals surface area contributed by atoms with Crippen LogP contribution in [-0.4, -0.2) is 24.9 Å². The maximum atomic E-state index is 10.2. The lowest BCUT2D eigenvalue weighted by molar-refractivity contribution is 0.174. The van der Waals surface area contributed by atoms with Crippen LogP contribution in [-0.2, 0) is 6.54 Å². The van der Waals surface area contributed by atoms with Gasteiger partial charge >= 0.3 is 0 Å². The molecule has 2 aromatic carbocycles. The van der Waals surface area contributed by atoms with Crippen LogP contribution in [0.5, 0.6) is 11.5 Å². The molecule has 24 heavy (non-hydrogen) atoms.